The Balaban J connectivity index is 1.17. The molecule has 0 saturated carbocycles. The summed E-state index contributed by atoms with van der Waals surface area (Å²) < 4.78 is 13.9. The third kappa shape index (κ3) is 5.70. The number of aryl methyl sites for hydroxylation is 1. The number of pyridine rings is 1. The molecule has 0 aliphatic carbocycles. The Bertz CT molecular complexity index is 1290. The lowest BCUT2D eigenvalue weighted by Gasteiger charge is -2.33. The van der Waals surface area contributed by atoms with Crippen molar-refractivity contribution in [3.63, 3.8) is 0 Å². The number of carbonyl (C=O) groups is 1. The number of imidazole rings is 1. The topological polar surface area (TPSA) is 68.1 Å². The number of amides is 1. The van der Waals surface area contributed by atoms with Gasteiger partial charge in [0.15, 0.2) is 0 Å². The van der Waals surface area contributed by atoms with Crippen molar-refractivity contribution in [2.45, 2.75) is 26.2 Å². The van der Waals surface area contributed by atoms with Gasteiger partial charge in [-0.1, -0.05) is 48.5 Å². The molecule has 1 atom stereocenters. The number of ether oxygens (including phenoxy) is 2. The van der Waals surface area contributed by atoms with Crippen molar-refractivity contribution >= 4 is 11.6 Å². The molecule has 1 saturated heterocycles. The highest BCUT2D eigenvalue weighted by Crippen LogP contribution is 2.20. The second-order valence-corrected chi connectivity index (χ2v) is 8.86. The number of hydrogen-bond acceptors (Lipinski definition) is 5. The number of aromatic nitrogens is 2. The second-order valence-electron chi connectivity index (χ2n) is 8.86. The van der Waals surface area contributed by atoms with Crippen LogP contribution >= 0.6 is 0 Å². The van der Waals surface area contributed by atoms with E-state index in [2.05, 4.69) is 39.5 Å². The van der Waals surface area contributed by atoms with Gasteiger partial charge in [0.05, 0.1) is 24.0 Å². The molecule has 1 fully saturated rings. The molecule has 0 radical (unpaired) electrons. The van der Waals surface area contributed by atoms with Crippen molar-refractivity contribution in [2.24, 2.45) is 0 Å². The van der Waals surface area contributed by atoms with Gasteiger partial charge >= 0.3 is 0 Å². The van der Waals surface area contributed by atoms with Gasteiger partial charge in [0.2, 0.25) is 0 Å². The van der Waals surface area contributed by atoms with Crippen LogP contribution in [0, 0.1) is 6.92 Å². The van der Waals surface area contributed by atoms with Crippen molar-refractivity contribution in [1.82, 2.24) is 19.6 Å². The zero-order valence-corrected chi connectivity index (χ0v) is 19.9. The summed E-state index contributed by atoms with van der Waals surface area (Å²) in [7, 11) is 0. The van der Waals surface area contributed by atoms with Crippen LogP contribution in [0.5, 0.6) is 5.75 Å². The first-order chi connectivity index (χ1) is 17.2. The minimum atomic E-state index is -0.171. The largest absolute Gasteiger partial charge is 0.486 e. The number of benzene rings is 2. The van der Waals surface area contributed by atoms with Gasteiger partial charge in [-0.2, -0.15) is 0 Å². The molecule has 3 heterocycles. The van der Waals surface area contributed by atoms with Gasteiger partial charge in [0.25, 0.3) is 5.91 Å². The molecular formula is C28H30N4O3. The molecule has 0 bridgehead atoms. The average molecular weight is 471 g/mol. The van der Waals surface area contributed by atoms with Gasteiger partial charge in [-0.05, 0) is 36.2 Å². The fourth-order valence-electron chi connectivity index (χ4n) is 4.40. The van der Waals surface area contributed by atoms with E-state index in [1.807, 2.05) is 60.1 Å². The molecule has 1 amide bonds. The highest BCUT2D eigenvalue weighted by atomic mass is 16.5. The van der Waals surface area contributed by atoms with Gasteiger partial charge in [-0.15, -0.1) is 0 Å². The maximum Gasteiger partial charge on any atom is 0.255 e. The van der Waals surface area contributed by atoms with E-state index in [1.165, 1.54) is 5.56 Å². The molecule has 4 aromatic rings. The predicted molar refractivity (Wildman–Crippen MR) is 134 cm³/mol. The number of nitrogens with zero attached hydrogens (tertiary/aromatic N) is 3. The summed E-state index contributed by atoms with van der Waals surface area (Å²) in [5, 5.41) is 3.03. The van der Waals surface area contributed by atoms with E-state index in [-0.39, 0.29) is 18.6 Å². The Morgan fingerprint density at radius 2 is 1.94 bits per heavy atom. The third-order valence-electron chi connectivity index (χ3n) is 6.20. The molecule has 2 aromatic heterocycles. The maximum absolute atomic E-state index is 13.0. The number of para-hydroxylation sites is 1. The molecular weight excluding hydrogens is 440 g/mol. The summed E-state index contributed by atoms with van der Waals surface area (Å²) in [6, 6.07) is 21.7. The zero-order chi connectivity index (χ0) is 24.0. The monoisotopic (exact) mass is 470 g/mol. The van der Waals surface area contributed by atoms with Crippen LogP contribution in [0.15, 0.2) is 79.1 Å². The minimum absolute atomic E-state index is 0.0503. The quantitative estimate of drug-likeness (QED) is 0.424. The molecule has 5 rings (SSSR count). The summed E-state index contributed by atoms with van der Waals surface area (Å²) in [5.74, 6) is 0.365. The average Bonchev–Trinajstić information content (AvgIpc) is 3.32. The van der Waals surface area contributed by atoms with Crippen LogP contribution in [0.3, 0.4) is 0 Å². The molecule has 1 aliphatic heterocycles. The van der Waals surface area contributed by atoms with E-state index < -0.39 is 0 Å². The lowest BCUT2D eigenvalue weighted by Crippen LogP contribution is -2.47. The number of nitrogens with one attached hydrogen (secondary N) is 1. The molecule has 35 heavy (non-hydrogen) atoms. The van der Waals surface area contributed by atoms with Gasteiger partial charge in [0, 0.05) is 38.6 Å². The Kier molecular flexibility index (Phi) is 7.07. The predicted octanol–water partition coefficient (Wildman–Crippen LogP) is 3.85. The highest BCUT2D eigenvalue weighted by molar-refractivity contribution is 5.96. The highest BCUT2D eigenvalue weighted by Gasteiger charge is 2.22. The smallest absolute Gasteiger partial charge is 0.255 e. The van der Waals surface area contributed by atoms with Crippen molar-refractivity contribution in [3.05, 3.63) is 102 Å². The van der Waals surface area contributed by atoms with Crippen molar-refractivity contribution in [2.75, 3.05) is 26.2 Å². The second kappa shape index (κ2) is 10.7. The fraction of sp³-hybridized carbons (Fsp3) is 0.286. The van der Waals surface area contributed by atoms with Crippen LogP contribution in [0.2, 0.25) is 0 Å². The van der Waals surface area contributed by atoms with E-state index in [0.717, 1.165) is 36.5 Å². The number of fused-ring (bicyclic) bond motifs is 1. The number of morpholine rings is 1. The molecule has 1 unspecified atom stereocenters. The van der Waals surface area contributed by atoms with Crippen LogP contribution in [-0.4, -0.2) is 52.5 Å². The number of rotatable bonds is 8. The van der Waals surface area contributed by atoms with Crippen molar-refractivity contribution in [3.8, 4) is 5.75 Å². The van der Waals surface area contributed by atoms with Crippen molar-refractivity contribution < 1.29 is 14.3 Å². The lowest BCUT2D eigenvalue weighted by molar-refractivity contribution is -0.0292. The van der Waals surface area contributed by atoms with Gasteiger partial charge in [0.1, 0.15) is 18.0 Å². The Labute approximate surface area is 205 Å². The number of hydrogen-bond donors (Lipinski definition) is 1. The summed E-state index contributed by atoms with van der Waals surface area (Å²) in [6.07, 6.45) is 3.87. The summed E-state index contributed by atoms with van der Waals surface area (Å²) in [4.78, 5) is 20.0. The molecule has 2 aromatic carbocycles. The first-order valence-electron chi connectivity index (χ1n) is 12.0. The summed E-state index contributed by atoms with van der Waals surface area (Å²) in [6.45, 7) is 5.97. The summed E-state index contributed by atoms with van der Waals surface area (Å²) in [5.41, 5.74) is 4.61. The van der Waals surface area contributed by atoms with E-state index in [9.17, 15) is 4.79 Å². The summed E-state index contributed by atoms with van der Waals surface area (Å²) >= 11 is 0. The fourth-order valence-corrected chi connectivity index (χ4v) is 4.40. The maximum atomic E-state index is 13.0. The standard InChI is InChI=1S/C28H30N4O3/c1-21-8-7-13-32-18-23(30-27(21)32)20-35-26-12-6-5-11-25(26)28(33)29-16-24-19-31(14-15-34-24)17-22-9-3-2-4-10-22/h2-13,18,24H,14-17,19-20H2,1H3,(H,29,33). The van der Waals surface area contributed by atoms with Gasteiger partial charge < -0.3 is 19.2 Å². The Morgan fingerprint density at radius 3 is 2.80 bits per heavy atom. The molecule has 7 nitrogen and oxygen atoms in total. The van der Waals surface area contributed by atoms with Crippen LogP contribution < -0.4 is 10.1 Å². The van der Waals surface area contributed by atoms with Crippen LogP contribution in [-0.2, 0) is 17.9 Å². The first-order valence-corrected chi connectivity index (χ1v) is 12.0. The van der Waals surface area contributed by atoms with Crippen LogP contribution in [0.4, 0.5) is 0 Å². The first kappa shape index (κ1) is 23.1. The lowest BCUT2D eigenvalue weighted by atomic mass is 10.1. The zero-order valence-electron chi connectivity index (χ0n) is 19.9. The third-order valence-corrected chi connectivity index (χ3v) is 6.20. The molecule has 1 aliphatic rings. The van der Waals surface area contributed by atoms with E-state index in [4.69, 9.17) is 9.47 Å². The normalized spacial score (nSPS) is 16.3. The SMILES string of the molecule is Cc1cccn2cc(COc3ccccc3C(=O)NCC3CN(Cc4ccccc4)CCO3)nc12. The Morgan fingerprint density at radius 1 is 1.11 bits per heavy atom. The van der Waals surface area contributed by atoms with E-state index >= 15 is 0 Å². The molecule has 1 N–H and O–H groups in total. The Hall–Kier alpha value is -3.68. The van der Waals surface area contributed by atoms with Gasteiger partial charge in [-0.3, -0.25) is 9.69 Å². The van der Waals surface area contributed by atoms with E-state index in [1.54, 1.807) is 6.07 Å². The molecule has 0 spiro atoms. The van der Waals surface area contributed by atoms with Gasteiger partial charge in [-0.25, -0.2) is 4.98 Å². The van der Waals surface area contributed by atoms with E-state index in [0.29, 0.717) is 24.5 Å². The molecule has 7 heteroatoms. The van der Waals surface area contributed by atoms with Crippen LogP contribution in [0.1, 0.15) is 27.2 Å². The molecule has 180 valence electrons. The van der Waals surface area contributed by atoms with Crippen molar-refractivity contribution in [1.29, 1.82) is 0 Å². The minimum Gasteiger partial charge on any atom is -0.486 e. The van der Waals surface area contributed by atoms with Crippen LogP contribution in [0.25, 0.3) is 5.65 Å². The number of carbonyl (C=O) groups excluding carboxylic acids is 1.